The molecule has 0 heterocycles. The third-order valence-electron chi connectivity index (χ3n) is 4.58. The maximum atomic E-state index is 12.3. The minimum atomic E-state index is -0.477. The Kier molecular flexibility index (Phi) is 8.29. The second-order valence-corrected chi connectivity index (χ2v) is 7.61. The quantitative estimate of drug-likeness (QED) is 0.242. The van der Waals surface area contributed by atoms with Crippen molar-refractivity contribution >= 4 is 41.0 Å². The van der Waals surface area contributed by atoms with E-state index >= 15 is 0 Å². The van der Waals surface area contributed by atoms with Gasteiger partial charge >= 0.3 is 0 Å². The summed E-state index contributed by atoms with van der Waals surface area (Å²) in [5.74, 6) is 0.732. The lowest BCUT2D eigenvalue weighted by molar-refractivity contribution is -0.384. The fraction of sp³-hybridized carbons (Fsp3) is 0.130. The molecule has 0 fully saturated rings. The predicted molar refractivity (Wildman–Crippen MR) is 128 cm³/mol. The molecule has 0 atom stereocenters. The first-order valence-electron chi connectivity index (χ1n) is 9.73. The highest BCUT2D eigenvalue weighted by Gasteiger charge is 2.12. The highest BCUT2D eigenvalue weighted by molar-refractivity contribution is 6.37. The topological polar surface area (TPSA) is 112 Å². The van der Waals surface area contributed by atoms with E-state index in [0.717, 1.165) is 0 Å². The van der Waals surface area contributed by atoms with E-state index in [2.05, 4.69) is 10.5 Å². The number of amides is 1. The summed E-state index contributed by atoms with van der Waals surface area (Å²) < 4.78 is 16.0. The molecule has 3 aromatic carbocycles. The number of benzene rings is 3. The van der Waals surface area contributed by atoms with E-state index in [9.17, 15) is 14.9 Å². The third kappa shape index (κ3) is 6.15. The average molecular weight is 504 g/mol. The number of nitro groups is 1. The fourth-order valence-corrected chi connectivity index (χ4v) is 3.48. The number of nitro benzene ring substituents is 1. The smallest absolute Gasteiger partial charge is 0.271 e. The minimum absolute atomic E-state index is 0.0123. The van der Waals surface area contributed by atoms with Crippen molar-refractivity contribution in [1.82, 2.24) is 5.43 Å². The van der Waals surface area contributed by atoms with Gasteiger partial charge in [-0.15, -0.1) is 0 Å². The van der Waals surface area contributed by atoms with Crippen LogP contribution in [0.5, 0.6) is 17.2 Å². The first kappa shape index (κ1) is 24.8. The molecule has 0 radical (unpaired) electrons. The Hall–Kier alpha value is -3.82. The number of carbonyl (C=O) groups excluding carboxylic acids is 1. The van der Waals surface area contributed by atoms with Crippen LogP contribution in [-0.2, 0) is 6.61 Å². The minimum Gasteiger partial charge on any atom is -0.493 e. The number of rotatable bonds is 9. The summed E-state index contributed by atoms with van der Waals surface area (Å²) in [5.41, 5.74) is 3.98. The van der Waals surface area contributed by atoms with Crippen molar-refractivity contribution in [2.24, 2.45) is 5.10 Å². The van der Waals surface area contributed by atoms with Crippen molar-refractivity contribution in [2.45, 2.75) is 6.61 Å². The van der Waals surface area contributed by atoms with E-state index < -0.39 is 10.8 Å². The highest BCUT2D eigenvalue weighted by Crippen LogP contribution is 2.34. The van der Waals surface area contributed by atoms with Crippen LogP contribution in [0.25, 0.3) is 0 Å². The maximum absolute atomic E-state index is 12.3. The van der Waals surface area contributed by atoms with Crippen LogP contribution in [0.15, 0.2) is 59.7 Å². The van der Waals surface area contributed by atoms with Crippen molar-refractivity contribution in [3.8, 4) is 17.2 Å². The molecule has 0 bridgehead atoms. The molecule has 0 aromatic heterocycles. The Balaban J connectivity index is 1.63. The lowest BCUT2D eigenvalue weighted by atomic mass is 10.2. The number of hydrogen-bond donors (Lipinski definition) is 1. The number of halogens is 2. The molecule has 0 unspecified atom stereocenters. The van der Waals surface area contributed by atoms with Gasteiger partial charge in [-0.25, -0.2) is 5.43 Å². The van der Waals surface area contributed by atoms with E-state index in [0.29, 0.717) is 28.2 Å². The molecule has 3 rings (SSSR count). The third-order valence-corrected chi connectivity index (χ3v) is 5.14. The van der Waals surface area contributed by atoms with Crippen molar-refractivity contribution in [3.63, 3.8) is 0 Å². The largest absolute Gasteiger partial charge is 0.493 e. The van der Waals surface area contributed by atoms with E-state index in [-0.39, 0.29) is 28.1 Å². The standard InChI is InChI=1S/C23H19Cl2N3O6/c1-32-20-8-5-16(11-21(20)33-2)23(29)27-26-12-15-9-18(24)22(19(25)10-15)34-13-14-3-6-17(7-4-14)28(30)31/h3-12H,13H2,1-2H3,(H,27,29)/b26-12+. The summed E-state index contributed by atoms with van der Waals surface area (Å²) in [6.07, 6.45) is 1.39. The molecule has 0 saturated heterocycles. The van der Waals surface area contributed by atoms with Crippen LogP contribution in [-0.4, -0.2) is 31.3 Å². The van der Waals surface area contributed by atoms with Crippen LogP contribution in [0.2, 0.25) is 10.0 Å². The SMILES string of the molecule is COc1ccc(C(=O)N/N=C/c2cc(Cl)c(OCc3ccc([N+](=O)[O-])cc3)c(Cl)c2)cc1OC. The van der Waals surface area contributed by atoms with Gasteiger partial charge in [0.15, 0.2) is 17.2 Å². The number of ether oxygens (including phenoxy) is 3. The lowest BCUT2D eigenvalue weighted by Gasteiger charge is -2.11. The summed E-state index contributed by atoms with van der Waals surface area (Å²) >= 11 is 12.6. The van der Waals surface area contributed by atoms with Crippen LogP contribution in [0, 0.1) is 10.1 Å². The first-order valence-corrected chi connectivity index (χ1v) is 10.5. The molecule has 0 saturated carbocycles. The Labute approximate surface area is 205 Å². The van der Waals surface area contributed by atoms with Gasteiger partial charge in [-0.2, -0.15) is 5.10 Å². The molecular weight excluding hydrogens is 485 g/mol. The predicted octanol–water partition coefficient (Wildman–Crippen LogP) is 5.26. The number of hydrazone groups is 1. The molecule has 9 nitrogen and oxygen atoms in total. The Morgan fingerprint density at radius 3 is 2.26 bits per heavy atom. The van der Waals surface area contributed by atoms with Gasteiger partial charge in [-0.1, -0.05) is 23.2 Å². The molecule has 0 spiro atoms. The zero-order valence-corrected chi connectivity index (χ0v) is 19.6. The molecule has 0 aliphatic heterocycles. The molecular formula is C23H19Cl2N3O6. The van der Waals surface area contributed by atoms with Gasteiger partial charge in [-0.3, -0.25) is 14.9 Å². The van der Waals surface area contributed by atoms with Gasteiger partial charge in [0.1, 0.15) is 6.61 Å². The lowest BCUT2D eigenvalue weighted by Crippen LogP contribution is -2.17. The van der Waals surface area contributed by atoms with Gasteiger partial charge in [0.25, 0.3) is 11.6 Å². The molecule has 0 aliphatic carbocycles. The molecule has 0 aliphatic rings. The Morgan fingerprint density at radius 2 is 1.68 bits per heavy atom. The van der Waals surface area contributed by atoms with E-state index in [1.807, 2.05) is 0 Å². The zero-order chi connectivity index (χ0) is 24.7. The number of carbonyl (C=O) groups is 1. The van der Waals surface area contributed by atoms with Gasteiger partial charge < -0.3 is 14.2 Å². The molecule has 3 aromatic rings. The van der Waals surface area contributed by atoms with Crippen molar-refractivity contribution in [3.05, 3.63) is 91.4 Å². The normalized spacial score (nSPS) is 10.7. The number of hydrogen-bond acceptors (Lipinski definition) is 7. The summed E-state index contributed by atoms with van der Waals surface area (Å²) in [7, 11) is 2.98. The molecule has 1 amide bonds. The van der Waals surface area contributed by atoms with Crippen molar-refractivity contribution in [1.29, 1.82) is 0 Å². The van der Waals surface area contributed by atoms with Gasteiger partial charge in [-0.05, 0) is 53.6 Å². The van der Waals surface area contributed by atoms with E-state index in [4.69, 9.17) is 37.4 Å². The van der Waals surface area contributed by atoms with Gasteiger partial charge in [0.2, 0.25) is 0 Å². The van der Waals surface area contributed by atoms with Crippen LogP contribution < -0.4 is 19.6 Å². The monoisotopic (exact) mass is 503 g/mol. The summed E-state index contributed by atoms with van der Waals surface area (Å²) in [4.78, 5) is 22.6. The number of nitrogens with zero attached hydrogens (tertiary/aromatic N) is 2. The number of non-ortho nitro benzene ring substituents is 1. The second-order valence-electron chi connectivity index (χ2n) is 6.79. The van der Waals surface area contributed by atoms with Crippen LogP contribution in [0.1, 0.15) is 21.5 Å². The summed E-state index contributed by atoms with van der Waals surface area (Å²) in [6, 6.07) is 13.8. The van der Waals surface area contributed by atoms with Crippen LogP contribution in [0.4, 0.5) is 5.69 Å². The molecule has 11 heteroatoms. The highest BCUT2D eigenvalue weighted by atomic mass is 35.5. The van der Waals surface area contributed by atoms with E-state index in [1.54, 1.807) is 36.4 Å². The van der Waals surface area contributed by atoms with Gasteiger partial charge in [0.05, 0.1) is 35.4 Å². The fourth-order valence-electron chi connectivity index (χ4n) is 2.87. The Morgan fingerprint density at radius 1 is 1.03 bits per heavy atom. The van der Waals surface area contributed by atoms with E-state index in [1.165, 1.54) is 38.6 Å². The van der Waals surface area contributed by atoms with Crippen LogP contribution >= 0.6 is 23.2 Å². The van der Waals surface area contributed by atoms with Gasteiger partial charge in [0, 0.05) is 17.7 Å². The number of nitrogens with one attached hydrogen (secondary N) is 1. The molecule has 1 N–H and O–H groups in total. The van der Waals surface area contributed by atoms with Crippen molar-refractivity contribution < 1.29 is 23.9 Å². The summed E-state index contributed by atoms with van der Waals surface area (Å²) in [6.45, 7) is 0.117. The molecule has 176 valence electrons. The maximum Gasteiger partial charge on any atom is 0.271 e. The average Bonchev–Trinajstić information content (AvgIpc) is 2.83. The second kappa shape index (κ2) is 11.4. The van der Waals surface area contributed by atoms with Crippen molar-refractivity contribution in [2.75, 3.05) is 14.2 Å². The first-order chi connectivity index (χ1) is 16.3. The number of methoxy groups -OCH3 is 2. The zero-order valence-electron chi connectivity index (χ0n) is 18.1. The molecule has 34 heavy (non-hydrogen) atoms. The Bertz CT molecular complexity index is 1210. The van der Waals surface area contributed by atoms with Crippen LogP contribution in [0.3, 0.4) is 0 Å². The summed E-state index contributed by atoms with van der Waals surface area (Å²) in [5, 5.41) is 15.2.